The highest BCUT2D eigenvalue weighted by Crippen LogP contribution is 2.27. The van der Waals surface area contributed by atoms with Gasteiger partial charge in [0, 0.05) is 9.92 Å². The number of hydrogen-bond acceptors (Lipinski definition) is 1. The highest BCUT2D eigenvalue weighted by Gasteiger charge is 1.96. The minimum Gasteiger partial charge on any atom is -0.0843 e. The van der Waals surface area contributed by atoms with E-state index in [2.05, 4.69) is 0 Å². The summed E-state index contributed by atoms with van der Waals surface area (Å²) in [5.74, 6) is 0. The zero-order valence-corrected chi connectivity index (χ0v) is 7.72. The lowest BCUT2D eigenvalue weighted by Crippen LogP contribution is -1.75. The minimum absolute atomic E-state index is 0.756. The molecule has 0 N–H and O–H groups in total. The first-order chi connectivity index (χ1) is 4.74. The molecule has 0 aliphatic carbocycles. The lowest BCUT2D eigenvalue weighted by atomic mass is 10.2. The largest absolute Gasteiger partial charge is 0.0843 e. The Kier molecular flexibility index (Phi) is 2.90. The van der Waals surface area contributed by atoms with Gasteiger partial charge in [-0.1, -0.05) is 11.6 Å². The molecule has 0 radical (unpaired) electrons. The molecule has 54 valence electrons. The molecule has 0 aliphatic heterocycles. The maximum absolute atomic E-state index is 5.72. The molecule has 10 heavy (non-hydrogen) atoms. The van der Waals surface area contributed by atoms with Crippen LogP contribution in [-0.2, 0) is 0 Å². The third-order valence-corrected chi connectivity index (χ3v) is 2.58. The minimum atomic E-state index is 0.756. The molecule has 0 saturated heterocycles. The van der Waals surface area contributed by atoms with Crippen molar-refractivity contribution in [3.63, 3.8) is 0 Å². The highest BCUT2D eigenvalue weighted by atomic mass is 35.7. The van der Waals surface area contributed by atoms with Crippen LogP contribution in [0.4, 0.5) is 0 Å². The van der Waals surface area contributed by atoms with Crippen molar-refractivity contribution in [2.45, 2.75) is 11.8 Å². The van der Waals surface area contributed by atoms with Crippen LogP contribution < -0.4 is 0 Å². The van der Waals surface area contributed by atoms with Gasteiger partial charge in [-0.2, -0.15) is 0 Å². The van der Waals surface area contributed by atoms with Gasteiger partial charge in [0.05, 0.1) is 0 Å². The molecule has 0 amide bonds. The SMILES string of the molecule is Cc1cc(Cl)ccc1SCl. The van der Waals surface area contributed by atoms with Crippen LogP contribution in [0, 0.1) is 6.92 Å². The first kappa shape index (κ1) is 8.25. The third-order valence-electron chi connectivity index (χ3n) is 1.22. The van der Waals surface area contributed by atoms with Gasteiger partial charge in [0.25, 0.3) is 0 Å². The number of benzene rings is 1. The first-order valence-electron chi connectivity index (χ1n) is 2.79. The predicted octanol–water partition coefficient (Wildman–Crippen LogP) is 3.89. The summed E-state index contributed by atoms with van der Waals surface area (Å²) in [6.07, 6.45) is 0. The summed E-state index contributed by atoms with van der Waals surface area (Å²) in [6, 6.07) is 5.64. The van der Waals surface area contributed by atoms with E-state index in [1.807, 2.05) is 25.1 Å². The Balaban J connectivity index is 3.07. The molecule has 0 nitrogen and oxygen atoms in total. The quantitative estimate of drug-likeness (QED) is 0.651. The monoisotopic (exact) mass is 192 g/mol. The number of rotatable bonds is 1. The fourth-order valence-corrected chi connectivity index (χ4v) is 1.75. The van der Waals surface area contributed by atoms with Crippen LogP contribution in [0.5, 0.6) is 0 Å². The van der Waals surface area contributed by atoms with Gasteiger partial charge >= 0.3 is 0 Å². The molecule has 0 fully saturated rings. The highest BCUT2D eigenvalue weighted by molar-refractivity contribution is 8.21. The Bertz CT molecular complexity index is 235. The fraction of sp³-hybridized carbons (Fsp3) is 0.143. The Labute approximate surface area is 74.0 Å². The summed E-state index contributed by atoms with van der Waals surface area (Å²) in [7, 11) is 6.78. The summed E-state index contributed by atoms with van der Waals surface area (Å²) in [6.45, 7) is 1.98. The first-order valence-corrected chi connectivity index (χ1v) is 4.81. The van der Waals surface area contributed by atoms with Crippen LogP contribution in [0.3, 0.4) is 0 Å². The van der Waals surface area contributed by atoms with E-state index in [1.54, 1.807) is 0 Å². The second-order valence-electron chi connectivity index (χ2n) is 1.99. The maximum Gasteiger partial charge on any atom is 0.0409 e. The van der Waals surface area contributed by atoms with Crippen molar-refractivity contribution < 1.29 is 0 Å². The van der Waals surface area contributed by atoms with Gasteiger partial charge in [-0.15, -0.1) is 0 Å². The molecular formula is C7H6Cl2S. The molecule has 1 rings (SSSR count). The average molecular weight is 193 g/mol. The zero-order valence-electron chi connectivity index (χ0n) is 5.40. The van der Waals surface area contributed by atoms with Gasteiger partial charge in [-0.05, 0) is 52.3 Å². The van der Waals surface area contributed by atoms with Gasteiger partial charge in [0.15, 0.2) is 0 Å². The van der Waals surface area contributed by atoms with Crippen molar-refractivity contribution in [3.05, 3.63) is 28.8 Å². The van der Waals surface area contributed by atoms with E-state index >= 15 is 0 Å². The summed E-state index contributed by atoms with van der Waals surface area (Å²) in [5.41, 5.74) is 1.12. The van der Waals surface area contributed by atoms with Crippen LogP contribution in [0.15, 0.2) is 23.1 Å². The van der Waals surface area contributed by atoms with Crippen LogP contribution in [0.1, 0.15) is 5.56 Å². The molecule has 0 atom stereocenters. The molecule has 1 aromatic rings. The second-order valence-corrected chi connectivity index (χ2v) is 3.48. The molecule has 1 aromatic carbocycles. The van der Waals surface area contributed by atoms with Crippen molar-refractivity contribution in [1.29, 1.82) is 0 Å². The summed E-state index contributed by atoms with van der Waals surface area (Å²) >= 11 is 5.72. The average Bonchev–Trinajstić information content (AvgIpc) is 1.88. The predicted molar refractivity (Wildman–Crippen MR) is 47.9 cm³/mol. The number of aryl methyl sites for hydroxylation is 1. The van der Waals surface area contributed by atoms with Crippen molar-refractivity contribution in [3.8, 4) is 0 Å². The summed E-state index contributed by atoms with van der Waals surface area (Å²) in [5, 5.41) is 0.756. The molecule has 0 heterocycles. The normalized spacial score (nSPS) is 9.90. The van der Waals surface area contributed by atoms with Gasteiger partial charge in [-0.3, -0.25) is 0 Å². The number of hydrogen-bond donors (Lipinski definition) is 0. The Hall–Kier alpha value is 0.150. The molecule has 0 unspecified atom stereocenters. The molecule has 0 aromatic heterocycles. The smallest absolute Gasteiger partial charge is 0.0409 e. The fourth-order valence-electron chi connectivity index (χ4n) is 0.699. The van der Waals surface area contributed by atoms with Crippen LogP contribution in [-0.4, -0.2) is 0 Å². The lowest BCUT2D eigenvalue weighted by Gasteiger charge is -1.98. The van der Waals surface area contributed by atoms with Gasteiger partial charge in [0.2, 0.25) is 0 Å². The molecule has 0 bridgehead atoms. The van der Waals surface area contributed by atoms with Crippen molar-refractivity contribution in [1.82, 2.24) is 0 Å². The van der Waals surface area contributed by atoms with Gasteiger partial charge in [-0.25, -0.2) is 0 Å². The van der Waals surface area contributed by atoms with Crippen molar-refractivity contribution in [2.24, 2.45) is 0 Å². The zero-order chi connectivity index (χ0) is 7.56. The van der Waals surface area contributed by atoms with Gasteiger partial charge in [0.1, 0.15) is 0 Å². The Morgan fingerprint density at radius 3 is 2.60 bits per heavy atom. The van der Waals surface area contributed by atoms with Crippen molar-refractivity contribution >= 4 is 33.3 Å². The Morgan fingerprint density at radius 2 is 2.10 bits per heavy atom. The Morgan fingerprint density at radius 1 is 1.40 bits per heavy atom. The van der Waals surface area contributed by atoms with E-state index < -0.39 is 0 Å². The third kappa shape index (κ3) is 1.82. The lowest BCUT2D eigenvalue weighted by molar-refractivity contribution is 1.31. The molecule has 0 aliphatic rings. The van der Waals surface area contributed by atoms with E-state index in [4.69, 9.17) is 22.3 Å². The summed E-state index contributed by atoms with van der Waals surface area (Å²) < 4.78 is 0. The van der Waals surface area contributed by atoms with Gasteiger partial charge < -0.3 is 0 Å². The van der Waals surface area contributed by atoms with Crippen LogP contribution in [0.2, 0.25) is 5.02 Å². The van der Waals surface area contributed by atoms with Crippen LogP contribution >= 0.6 is 33.3 Å². The molecular weight excluding hydrogens is 187 g/mol. The topological polar surface area (TPSA) is 0 Å². The van der Waals surface area contributed by atoms with E-state index in [0.717, 1.165) is 15.5 Å². The molecule has 0 spiro atoms. The molecule has 3 heteroatoms. The van der Waals surface area contributed by atoms with E-state index in [-0.39, 0.29) is 0 Å². The standard InChI is InChI=1S/C7H6Cl2S/c1-5-4-6(8)2-3-7(5)10-9/h2-4H,1H3. The molecule has 0 saturated carbocycles. The van der Waals surface area contributed by atoms with E-state index in [1.165, 1.54) is 11.0 Å². The van der Waals surface area contributed by atoms with Crippen molar-refractivity contribution in [2.75, 3.05) is 0 Å². The summed E-state index contributed by atoms with van der Waals surface area (Å²) in [4.78, 5) is 1.06. The second kappa shape index (κ2) is 3.51. The van der Waals surface area contributed by atoms with E-state index in [0.29, 0.717) is 0 Å². The van der Waals surface area contributed by atoms with E-state index in [9.17, 15) is 0 Å². The number of halogens is 2. The van der Waals surface area contributed by atoms with Crippen LogP contribution in [0.25, 0.3) is 0 Å². The maximum atomic E-state index is 5.72.